The van der Waals surface area contributed by atoms with E-state index >= 15 is 0 Å². The first-order valence-electron chi connectivity index (χ1n) is 11.6. The van der Waals surface area contributed by atoms with Crippen molar-refractivity contribution >= 4 is 21.8 Å². The summed E-state index contributed by atoms with van der Waals surface area (Å²) in [5, 5.41) is 2.29. The van der Waals surface area contributed by atoms with E-state index in [1.165, 1.54) is 41.3 Å². The van der Waals surface area contributed by atoms with Crippen LogP contribution >= 0.6 is 0 Å². The molecule has 1 atom stereocenters. The van der Waals surface area contributed by atoms with Crippen LogP contribution in [0.15, 0.2) is 77.7 Å². The zero-order valence-corrected chi connectivity index (χ0v) is 21.5. The molecular weight excluding hydrogens is 550 g/mol. The molecule has 6 nitrogen and oxygen atoms in total. The fourth-order valence-electron chi connectivity index (χ4n) is 3.57. The highest BCUT2D eigenvalue weighted by atomic mass is 32.2. The molecule has 1 N–H and O–H groups in total. The van der Waals surface area contributed by atoms with Gasteiger partial charge in [-0.05, 0) is 61.4 Å². The lowest BCUT2D eigenvalue weighted by molar-refractivity contribution is -0.138. The van der Waals surface area contributed by atoms with E-state index in [1.807, 2.05) is 0 Å². The number of nitrogens with zero attached hydrogens (tertiary/aromatic N) is 1. The number of para-hydroxylation sites is 1. The van der Waals surface area contributed by atoms with Crippen LogP contribution in [0.2, 0.25) is 0 Å². The Labute approximate surface area is 221 Å². The molecule has 13 heteroatoms. The maximum Gasteiger partial charge on any atom is 0.418 e. The molecular formula is C26H24F6N2O4S. The predicted octanol–water partition coefficient (Wildman–Crippen LogP) is 7.32. The van der Waals surface area contributed by atoms with Gasteiger partial charge in [0.2, 0.25) is 0 Å². The quantitative estimate of drug-likeness (QED) is 0.226. The molecule has 0 saturated carbocycles. The second-order valence-electron chi connectivity index (χ2n) is 8.57. The van der Waals surface area contributed by atoms with Gasteiger partial charge in [-0.25, -0.2) is 4.79 Å². The van der Waals surface area contributed by atoms with Gasteiger partial charge in [0.25, 0.3) is 0 Å². The van der Waals surface area contributed by atoms with Crippen LogP contribution in [0.1, 0.15) is 37.0 Å². The number of alkyl halides is 6. The van der Waals surface area contributed by atoms with Crippen LogP contribution in [0.3, 0.4) is 0 Å². The normalized spacial score (nSPS) is 13.0. The largest absolute Gasteiger partial charge is 0.418 e. The van der Waals surface area contributed by atoms with Crippen molar-refractivity contribution in [3.63, 3.8) is 0 Å². The van der Waals surface area contributed by atoms with Crippen LogP contribution in [0.25, 0.3) is 0 Å². The van der Waals surface area contributed by atoms with Crippen LogP contribution in [-0.4, -0.2) is 25.4 Å². The van der Waals surface area contributed by atoms with Gasteiger partial charge in [-0.3, -0.25) is 0 Å². The maximum atomic E-state index is 13.4. The van der Waals surface area contributed by atoms with Gasteiger partial charge in [-0.15, -0.1) is 0 Å². The van der Waals surface area contributed by atoms with Crippen LogP contribution in [0.4, 0.5) is 36.8 Å². The minimum atomic E-state index is -4.76. The molecule has 0 radical (unpaired) electrons. The molecule has 3 rings (SSSR count). The zero-order valence-electron chi connectivity index (χ0n) is 20.7. The van der Waals surface area contributed by atoms with Crippen molar-refractivity contribution in [1.29, 1.82) is 0 Å². The average molecular weight is 575 g/mol. The minimum Gasteiger partial charge on any atom is -0.379 e. The Morgan fingerprint density at radius 1 is 0.923 bits per heavy atom. The number of rotatable bonds is 8. The summed E-state index contributed by atoms with van der Waals surface area (Å²) in [6.07, 6.45) is -9.00. The van der Waals surface area contributed by atoms with Crippen LogP contribution in [-0.2, 0) is 29.0 Å². The van der Waals surface area contributed by atoms with E-state index in [-0.39, 0.29) is 12.3 Å². The third-order valence-electron chi connectivity index (χ3n) is 5.77. The molecule has 0 bridgehead atoms. The second-order valence-corrected chi connectivity index (χ2v) is 10.1. The Balaban J connectivity index is 1.83. The highest BCUT2D eigenvalue weighted by molar-refractivity contribution is 7.87. The summed E-state index contributed by atoms with van der Waals surface area (Å²) in [5.74, 6) is -0.225. The molecule has 0 aliphatic rings. The number of hydrogen-bond donors (Lipinski definition) is 1. The number of urea groups is 1. The van der Waals surface area contributed by atoms with Gasteiger partial charge in [0.15, 0.2) is 0 Å². The summed E-state index contributed by atoms with van der Waals surface area (Å²) in [7, 11) is -4.64. The topological polar surface area (TPSA) is 75.7 Å². The standard InChI is InChI=1S/C26H24F6N2O4S/c1-3-17(2)34(24(35)33-23-13-5-4-12-22(23)26(30,31)32)16-18-8-6-10-20(14-18)38-39(36,37)21-11-7-9-19(15-21)25(27,28)29/h4-15,17H,3,16H2,1-2H3,(H,33,35). The molecule has 2 amide bonds. The van der Waals surface area contributed by atoms with Crippen molar-refractivity contribution in [2.24, 2.45) is 0 Å². The summed E-state index contributed by atoms with van der Waals surface area (Å²) < 4.78 is 109. The Hall–Kier alpha value is -3.74. The zero-order chi connectivity index (χ0) is 29.0. The molecule has 0 fully saturated rings. The van der Waals surface area contributed by atoms with Crippen LogP contribution < -0.4 is 9.50 Å². The molecule has 0 saturated heterocycles. The lowest BCUT2D eigenvalue weighted by Gasteiger charge is -2.29. The van der Waals surface area contributed by atoms with Crippen molar-refractivity contribution in [2.45, 2.75) is 50.1 Å². The smallest absolute Gasteiger partial charge is 0.379 e. The van der Waals surface area contributed by atoms with E-state index in [4.69, 9.17) is 4.18 Å². The maximum absolute atomic E-state index is 13.4. The molecule has 0 aromatic heterocycles. The van der Waals surface area contributed by atoms with Crippen LogP contribution in [0.5, 0.6) is 5.75 Å². The summed E-state index contributed by atoms with van der Waals surface area (Å²) in [6.45, 7) is 3.33. The van der Waals surface area contributed by atoms with Gasteiger partial charge in [0, 0.05) is 12.6 Å². The van der Waals surface area contributed by atoms with Crippen molar-refractivity contribution in [3.05, 3.63) is 89.5 Å². The predicted molar refractivity (Wildman–Crippen MR) is 131 cm³/mol. The number of nitrogens with one attached hydrogen (secondary N) is 1. The van der Waals surface area contributed by atoms with Gasteiger partial charge in [0.1, 0.15) is 10.6 Å². The SMILES string of the molecule is CCC(C)N(Cc1cccc(OS(=O)(=O)c2cccc(C(F)(F)F)c2)c1)C(=O)Nc1ccccc1C(F)(F)F. The average Bonchev–Trinajstić information content (AvgIpc) is 2.86. The molecule has 1 unspecified atom stereocenters. The first-order chi connectivity index (χ1) is 18.1. The van der Waals surface area contributed by atoms with Gasteiger partial charge < -0.3 is 14.4 Å². The lowest BCUT2D eigenvalue weighted by Crippen LogP contribution is -2.41. The first-order valence-corrected chi connectivity index (χ1v) is 13.0. The molecule has 0 heterocycles. The Kier molecular flexibility index (Phi) is 8.84. The third-order valence-corrected chi connectivity index (χ3v) is 7.01. The summed E-state index contributed by atoms with van der Waals surface area (Å²) >= 11 is 0. The second kappa shape index (κ2) is 11.6. The van der Waals surface area contributed by atoms with E-state index < -0.39 is 56.3 Å². The van der Waals surface area contributed by atoms with E-state index in [0.717, 1.165) is 30.3 Å². The van der Waals surface area contributed by atoms with Gasteiger partial charge in [-0.1, -0.05) is 37.3 Å². The molecule has 3 aromatic rings. The van der Waals surface area contributed by atoms with E-state index in [2.05, 4.69) is 5.32 Å². The number of amides is 2. The van der Waals surface area contributed by atoms with Crippen molar-refractivity contribution in [1.82, 2.24) is 4.90 Å². The fourth-order valence-corrected chi connectivity index (χ4v) is 4.54. The molecule has 0 aliphatic carbocycles. The van der Waals surface area contributed by atoms with E-state index in [9.17, 15) is 39.6 Å². The van der Waals surface area contributed by atoms with Crippen LogP contribution in [0, 0.1) is 0 Å². The number of benzene rings is 3. The molecule has 210 valence electrons. The summed E-state index contributed by atoms with van der Waals surface area (Å²) in [6, 6.07) is 11.8. The van der Waals surface area contributed by atoms with Gasteiger partial charge >= 0.3 is 28.5 Å². The highest BCUT2D eigenvalue weighted by Gasteiger charge is 2.34. The Bertz CT molecular complexity index is 1420. The van der Waals surface area contributed by atoms with Crippen molar-refractivity contribution < 1.29 is 43.7 Å². The fraction of sp³-hybridized carbons (Fsp3) is 0.269. The van der Waals surface area contributed by atoms with E-state index in [1.54, 1.807) is 13.8 Å². The van der Waals surface area contributed by atoms with Crippen molar-refractivity contribution in [2.75, 3.05) is 5.32 Å². The first kappa shape index (κ1) is 29.8. The molecule has 0 spiro atoms. The monoisotopic (exact) mass is 574 g/mol. The minimum absolute atomic E-state index is 0.129. The highest BCUT2D eigenvalue weighted by Crippen LogP contribution is 2.35. The van der Waals surface area contributed by atoms with E-state index in [0.29, 0.717) is 18.1 Å². The number of halogens is 6. The number of hydrogen-bond acceptors (Lipinski definition) is 4. The van der Waals surface area contributed by atoms with Gasteiger partial charge in [0.05, 0.1) is 16.8 Å². The molecule has 39 heavy (non-hydrogen) atoms. The molecule has 3 aromatic carbocycles. The molecule has 0 aliphatic heterocycles. The Morgan fingerprint density at radius 3 is 2.23 bits per heavy atom. The summed E-state index contributed by atoms with van der Waals surface area (Å²) in [5.41, 5.74) is -2.24. The Morgan fingerprint density at radius 2 is 1.59 bits per heavy atom. The number of carbonyl (C=O) groups is 1. The number of anilines is 1. The lowest BCUT2D eigenvalue weighted by atomic mass is 10.1. The third kappa shape index (κ3) is 7.65. The number of carbonyl (C=O) groups excluding carboxylic acids is 1. The van der Waals surface area contributed by atoms with Gasteiger partial charge in [-0.2, -0.15) is 34.8 Å². The van der Waals surface area contributed by atoms with Crippen molar-refractivity contribution in [3.8, 4) is 5.75 Å². The summed E-state index contributed by atoms with van der Waals surface area (Å²) in [4.78, 5) is 13.6.